The highest BCUT2D eigenvalue weighted by Crippen LogP contribution is 2.04. The first-order chi connectivity index (χ1) is 14.7. The smallest absolute Gasteiger partial charge is 0.326 e. The highest BCUT2D eigenvalue weighted by atomic mass is 16.4. The van der Waals surface area contributed by atoms with Crippen LogP contribution < -0.4 is 27.4 Å². The number of carboxylic acids is 1. The first kappa shape index (κ1) is 28.8. The Hall–Kier alpha value is -2.24. The third-order valence-electron chi connectivity index (χ3n) is 4.74. The summed E-state index contributed by atoms with van der Waals surface area (Å²) in [7, 11) is 0. The van der Waals surface area contributed by atoms with E-state index in [0.717, 1.165) is 19.3 Å². The van der Waals surface area contributed by atoms with E-state index in [-0.39, 0.29) is 38.3 Å². The average molecular weight is 446 g/mol. The fraction of sp³-hybridized carbons (Fsp3) is 0.800. The number of carboxylic acid groups (broad SMARTS) is 1. The molecule has 0 radical (unpaired) electrons. The van der Waals surface area contributed by atoms with Crippen molar-refractivity contribution < 1.29 is 29.4 Å². The molecule has 0 aromatic rings. The van der Waals surface area contributed by atoms with Crippen LogP contribution in [0.3, 0.4) is 0 Å². The molecule has 0 rings (SSSR count). The molecule has 0 spiro atoms. The van der Waals surface area contributed by atoms with Crippen molar-refractivity contribution in [3.8, 4) is 0 Å². The molecule has 0 unspecified atom stereocenters. The Morgan fingerprint density at radius 1 is 0.839 bits per heavy atom. The molecule has 0 saturated carbocycles. The van der Waals surface area contributed by atoms with E-state index in [1.54, 1.807) is 0 Å². The topological polar surface area (TPSA) is 197 Å². The standard InChI is InChI=1S/C20H39N5O6/c1-3-4-5-6-9-16(27)23-14(10-12-22)18(28)25-17(13(2)26)19(29)24-15(20(30)31)8-7-11-21/h13-15,17,26H,3-12,21-22H2,1-2H3,(H,23,27)(H,24,29)(H,25,28)(H,30,31)/t13-,14+,15+,17+/m1/s1. The lowest BCUT2D eigenvalue weighted by Gasteiger charge is -2.26. The van der Waals surface area contributed by atoms with E-state index in [1.165, 1.54) is 6.92 Å². The lowest BCUT2D eigenvalue weighted by atomic mass is 10.1. The van der Waals surface area contributed by atoms with Gasteiger partial charge in [0.15, 0.2) is 0 Å². The summed E-state index contributed by atoms with van der Waals surface area (Å²) in [6, 6.07) is -3.56. The van der Waals surface area contributed by atoms with E-state index in [2.05, 4.69) is 22.9 Å². The first-order valence-electron chi connectivity index (χ1n) is 10.9. The van der Waals surface area contributed by atoms with Crippen molar-refractivity contribution in [2.24, 2.45) is 11.5 Å². The molecule has 0 aromatic heterocycles. The fourth-order valence-electron chi connectivity index (χ4n) is 2.91. The average Bonchev–Trinajstić information content (AvgIpc) is 2.71. The van der Waals surface area contributed by atoms with Gasteiger partial charge in [0.05, 0.1) is 6.10 Å². The fourth-order valence-corrected chi connectivity index (χ4v) is 2.91. The molecular formula is C20H39N5O6. The van der Waals surface area contributed by atoms with Crippen LogP contribution in [0.15, 0.2) is 0 Å². The van der Waals surface area contributed by atoms with Crippen LogP contribution in [0.4, 0.5) is 0 Å². The van der Waals surface area contributed by atoms with Gasteiger partial charge in [-0.3, -0.25) is 14.4 Å². The molecule has 0 bridgehead atoms. The van der Waals surface area contributed by atoms with Crippen LogP contribution >= 0.6 is 0 Å². The first-order valence-corrected chi connectivity index (χ1v) is 10.9. The monoisotopic (exact) mass is 445 g/mol. The molecule has 0 saturated heterocycles. The van der Waals surface area contributed by atoms with Gasteiger partial charge in [-0.25, -0.2) is 4.79 Å². The van der Waals surface area contributed by atoms with Gasteiger partial charge in [0.2, 0.25) is 17.7 Å². The van der Waals surface area contributed by atoms with Gasteiger partial charge in [-0.05, 0) is 45.7 Å². The summed E-state index contributed by atoms with van der Waals surface area (Å²) in [5, 5.41) is 26.5. The zero-order chi connectivity index (χ0) is 23.8. The van der Waals surface area contributed by atoms with Crippen molar-refractivity contribution in [1.29, 1.82) is 0 Å². The number of carbonyl (C=O) groups is 4. The van der Waals surface area contributed by atoms with E-state index < -0.39 is 42.0 Å². The number of nitrogens with one attached hydrogen (secondary N) is 3. The number of unbranched alkanes of at least 4 members (excludes halogenated alkanes) is 3. The van der Waals surface area contributed by atoms with Crippen LogP contribution in [0.2, 0.25) is 0 Å². The summed E-state index contributed by atoms with van der Waals surface area (Å²) in [6.45, 7) is 3.74. The maximum absolute atomic E-state index is 12.7. The Kier molecular flexibility index (Phi) is 15.3. The molecule has 9 N–H and O–H groups in total. The summed E-state index contributed by atoms with van der Waals surface area (Å²) in [6.07, 6.45) is 3.30. The van der Waals surface area contributed by atoms with Gasteiger partial charge in [-0.15, -0.1) is 0 Å². The predicted molar refractivity (Wildman–Crippen MR) is 116 cm³/mol. The lowest BCUT2D eigenvalue weighted by molar-refractivity contribution is -0.143. The quantitative estimate of drug-likeness (QED) is 0.138. The number of nitrogens with two attached hydrogens (primary N) is 2. The lowest BCUT2D eigenvalue weighted by Crippen LogP contribution is -2.59. The maximum atomic E-state index is 12.7. The molecule has 0 aliphatic rings. The molecule has 0 heterocycles. The highest BCUT2D eigenvalue weighted by Gasteiger charge is 2.31. The summed E-state index contributed by atoms with van der Waals surface area (Å²) < 4.78 is 0. The normalized spacial score (nSPS) is 14.7. The number of carbonyl (C=O) groups excluding carboxylic acids is 3. The van der Waals surface area contributed by atoms with Crippen molar-refractivity contribution in [2.45, 2.75) is 89.4 Å². The van der Waals surface area contributed by atoms with Crippen LogP contribution in [0.5, 0.6) is 0 Å². The van der Waals surface area contributed by atoms with Crippen LogP contribution in [-0.2, 0) is 19.2 Å². The minimum atomic E-state index is -1.39. The second-order valence-electron chi connectivity index (χ2n) is 7.57. The van der Waals surface area contributed by atoms with Crippen molar-refractivity contribution in [3.63, 3.8) is 0 Å². The van der Waals surface area contributed by atoms with Crippen molar-refractivity contribution in [3.05, 3.63) is 0 Å². The largest absolute Gasteiger partial charge is 0.480 e. The predicted octanol–water partition coefficient (Wildman–Crippen LogP) is -1.04. The third kappa shape index (κ3) is 12.3. The Balaban J connectivity index is 5.03. The molecule has 0 fully saturated rings. The molecular weight excluding hydrogens is 406 g/mol. The molecule has 3 amide bonds. The number of aliphatic carboxylic acids is 1. The number of rotatable bonds is 17. The van der Waals surface area contributed by atoms with Gasteiger partial charge in [-0.2, -0.15) is 0 Å². The van der Waals surface area contributed by atoms with Gasteiger partial charge in [-0.1, -0.05) is 26.2 Å². The van der Waals surface area contributed by atoms with Crippen LogP contribution in [0, 0.1) is 0 Å². The zero-order valence-electron chi connectivity index (χ0n) is 18.6. The number of hydrogen-bond acceptors (Lipinski definition) is 7. The summed E-state index contributed by atoms with van der Waals surface area (Å²) in [4.78, 5) is 48.6. The Morgan fingerprint density at radius 3 is 2.03 bits per heavy atom. The SMILES string of the molecule is CCCCCCC(=O)N[C@@H](CCN)C(=O)N[C@H](C(=O)N[C@@H](CCCN)C(=O)O)[C@@H](C)O. The van der Waals surface area contributed by atoms with E-state index in [9.17, 15) is 29.4 Å². The Labute approximate surface area is 183 Å². The van der Waals surface area contributed by atoms with Gasteiger partial charge < -0.3 is 37.6 Å². The summed E-state index contributed by atoms with van der Waals surface area (Å²) >= 11 is 0. The minimum absolute atomic E-state index is 0.113. The van der Waals surface area contributed by atoms with Crippen molar-refractivity contribution >= 4 is 23.7 Å². The van der Waals surface area contributed by atoms with Gasteiger partial charge >= 0.3 is 5.97 Å². The van der Waals surface area contributed by atoms with Crippen LogP contribution in [-0.4, -0.2) is 71.2 Å². The molecule has 4 atom stereocenters. The van der Waals surface area contributed by atoms with Gasteiger partial charge in [0, 0.05) is 6.42 Å². The molecule has 31 heavy (non-hydrogen) atoms. The van der Waals surface area contributed by atoms with E-state index >= 15 is 0 Å². The van der Waals surface area contributed by atoms with Crippen LogP contribution in [0.25, 0.3) is 0 Å². The molecule has 180 valence electrons. The number of aliphatic hydroxyl groups excluding tert-OH is 1. The summed E-state index contributed by atoms with van der Waals surface area (Å²) in [5.74, 6) is -3.06. The highest BCUT2D eigenvalue weighted by molar-refractivity contribution is 5.93. The van der Waals surface area contributed by atoms with E-state index in [4.69, 9.17) is 11.5 Å². The number of hydrogen-bond donors (Lipinski definition) is 7. The Morgan fingerprint density at radius 2 is 1.52 bits per heavy atom. The van der Waals surface area contributed by atoms with Gasteiger partial charge in [0.1, 0.15) is 18.1 Å². The molecule has 0 aliphatic heterocycles. The minimum Gasteiger partial charge on any atom is -0.480 e. The van der Waals surface area contributed by atoms with Gasteiger partial charge in [0.25, 0.3) is 0 Å². The molecule has 11 heteroatoms. The summed E-state index contributed by atoms with van der Waals surface area (Å²) in [5.41, 5.74) is 10.9. The Bertz CT molecular complexity index is 572. The second kappa shape index (κ2) is 16.5. The van der Waals surface area contributed by atoms with Crippen molar-refractivity contribution in [1.82, 2.24) is 16.0 Å². The van der Waals surface area contributed by atoms with E-state index in [1.807, 2.05) is 0 Å². The van der Waals surface area contributed by atoms with E-state index in [0.29, 0.717) is 12.8 Å². The molecule has 11 nitrogen and oxygen atoms in total. The molecule has 0 aromatic carbocycles. The maximum Gasteiger partial charge on any atom is 0.326 e. The zero-order valence-corrected chi connectivity index (χ0v) is 18.6. The van der Waals surface area contributed by atoms with Crippen molar-refractivity contribution in [2.75, 3.05) is 13.1 Å². The molecule has 0 aliphatic carbocycles. The van der Waals surface area contributed by atoms with Crippen LogP contribution in [0.1, 0.15) is 65.2 Å². The number of aliphatic hydroxyl groups is 1. The second-order valence-corrected chi connectivity index (χ2v) is 7.57. The third-order valence-corrected chi connectivity index (χ3v) is 4.74. The number of amides is 3.